The number of carbonyl (C=O) groups excluding carboxylic acids is 2. The number of sulfonamides is 1. The van der Waals surface area contributed by atoms with Crippen molar-refractivity contribution in [2.75, 3.05) is 30.8 Å². The second-order valence-corrected chi connectivity index (χ2v) is 10.7. The number of benzene rings is 2. The molecular formula is C24H31Cl2N3O5S. The van der Waals surface area contributed by atoms with E-state index in [1.54, 1.807) is 56.3 Å². The Morgan fingerprint density at radius 3 is 2.43 bits per heavy atom. The fourth-order valence-corrected chi connectivity index (χ4v) is 4.99. The molecule has 0 radical (unpaired) electrons. The number of amides is 2. The van der Waals surface area contributed by atoms with E-state index < -0.39 is 16.1 Å². The van der Waals surface area contributed by atoms with E-state index in [-0.39, 0.29) is 37.7 Å². The quantitative estimate of drug-likeness (QED) is 0.434. The van der Waals surface area contributed by atoms with Gasteiger partial charge in [0, 0.05) is 36.1 Å². The molecule has 0 aromatic heterocycles. The highest BCUT2D eigenvalue weighted by atomic mass is 35.5. The van der Waals surface area contributed by atoms with Crippen molar-refractivity contribution in [2.24, 2.45) is 0 Å². The van der Waals surface area contributed by atoms with Crippen LogP contribution in [0.5, 0.6) is 5.75 Å². The molecule has 2 aromatic carbocycles. The number of carbonyl (C=O) groups is 2. The summed E-state index contributed by atoms with van der Waals surface area (Å²) in [6.07, 6.45) is 1.36. The molecule has 0 fully saturated rings. The van der Waals surface area contributed by atoms with Crippen molar-refractivity contribution in [3.8, 4) is 5.75 Å². The number of hydrogen-bond acceptors (Lipinski definition) is 5. The fourth-order valence-electron chi connectivity index (χ4n) is 3.56. The second kappa shape index (κ2) is 13.0. The highest BCUT2D eigenvalue weighted by Gasteiger charge is 2.27. The molecule has 2 aromatic rings. The molecule has 0 aliphatic rings. The first-order valence-electron chi connectivity index (χ1n) is 11.1. The van der Waals surface area contributed by atoms with Gasteiger partial charge in [-0.15, -0.1) is 0 Å². The lowest BCUT2D eigenvalue weighted by atomic mass is 10.1. The maximum atomic E-state index is 13.3. The van der Waals surface area contributed by atoms with Crippen molar-refractivity contribution in [1.82, 2.24) is 10.2 Å². The second-order valence-electron chi connectivity index (χ2n) is 7.94. The van der Waals surface area contributed by atoms with Crippen LogP contribution in [-0.4, -0.2) is 57.6 Å². The predicted octanol–water partition coefficient (Wildman–Crippen LogP) is 4.10. The molecule has 8 nitrogen and oxygen atoms in total. The van der Waals surface area contributed by atoms with E-state index in [1.165, 1.54) is 16.3 Å². The van der Waals surface area contributed by atoms with Crippen LogP contribution in [0.3, 0.4) is 0 Å². The van der Waals surface area contributed by atoms with E-state index in [0.29, 0.717) is 33.6 Å². The third-order valence-electron chi connectivity index (χ3n) is 5.38. The van der Waals surface area contributed by atoms with E-state index in [4.69, 9.17) is 27.9 Å². The van der Waals surface area contributed by atoms with Crippen LogP contribution in [0.1, 0.15) is 32.3 Å². The summed E-state index contributed by atoms with van der Waals surface area (Å²) in [5, 5.41) is 3.58. The largest absolute Gasteiger partial charge is 0.495 e. The van der Waals surface area contributed by atoms with Gasteiger partial charge in [0.05, 0.1) is 19.1 Å². The first-order valence-corrected chi connectivity index (χ1v) is 13.7. The number of nitrogens with one attached hydrogen (secondary N) is 1. The van der Waals surface area contributed by atoms with Gasteiger partial charge in [-0.3, -0.25) is 13.9 Å². The van der Waals surface area contributed by atoms with Crippen LogP contribution >= 0.6 is 23.2 Å². The molecular weight excluding hydrogens is 513 g/mol. The highest BCUT2D eigenvalue weighted by Crippen LogP contribution is 2.30. The lowest BCUT2D eigenvalue weighted by Crippen LogP contribution is -2.47. The molecule has 0 bridgehead atoms. The summed E-state index contributed by atoms with van der Waals surface area (Å²) in [5.41, 5.74) is 1.04. The molecule has 35 heavy (non-hydrogen) atoms. The zero-order valence-corrected chi connectivity index (χ0v) is 22.6. The number of ether oxygens (including phenoxy) is 1. The number of hydrogen-bond donors (Lipinski definition) is 1. The minimum Gasteiger partial charge on any atom is -0.495 e. The number of rotatable bonds is 12. The number of methoxy groups -OCH3 is 1. The Morgan fingerprint density at radius 2 is 1.83 bits per heavy atom. The van der Waals surface area contributed by atoms with Gasteiger partial charge in [0.2, 0.25) is 21.8 Å². The minimum absolute atomic E-state index is 0.0239. The van der Waals surface area contributed by atoms with Crippen LogP contribution < -0.4 is 14.4 Å². The summed E-state index contributed by atoms with van der Waals surface area (Å²) in [7, 11) is -2.17. The van der Waals surface area contributed by atoms with Gasteiger partial charge in [0.25, 0.3) is 0 Å². The molecule has 0 heterocycles. The van der Waals surface area contributed by atoms with E-state index >= 15 is 0 Å². The van der Waals surface area contributed by atoms with Crippen LogP contribution in [0, 0.1) is 0 Å². The molecule has 2 rings (SSSR count). The molecule has 0 spiro atoms. The van der Waals surface area contributed by atoms with E-state index in [0.717, 1.165) is 6.26 Å². The van der Waals surface area contributed by atoms with E-state index in [1.807, 2.05) is 0 Å². The maximum absolute atomic E-state index is 13.3. The Kier molecular flexibility index (Phi) is 10.7. The Morgan fingerprint density at radius 1 is 1.14 bits per heavy atom. The minimum atomic E-state index is -3.63. The van der Waals surface area contributed by atoms with Crippen molar-refractivity contribution in [3.63, 3.8) is 0 Å². The molecule has 1 atom stereocenters. The zero-order chi connectivity index (χ0) is 26.2. The Labute approximate surface area is 217 Å². The van der Waals surface area contributed by atoms with Crippen molar-refractivity contribution in [3.05, 3.63) is 58.1 Å². The summed E-state index contributed by atoms with van der Waals surface area (Å²) < 4.78 is 31.5. The molecule has 0 saturated heterocycles. The smallest absolute Gasteiger partial charge is 0.242 e. The normalized spacial score (nSPS) is 12.1. The topological polar surface area (TPSA) is 96.0 Å². The summed E-state index contributed by atoms with van der Waals surface area (Å²) >= 11 is 12.3. The number of likely N-dealkylation sites (N-methyl/N-ethyl adjacent to an activating group) is 1. The van der Waals surface area contributed by atoms with Gasteiger partial charge in [-0.05, 0) is 50.1 Å². The zero-order valence-electron chi connectivity index (χ0n) is 20.3. The third kappa shape index (κ3) is 8.02. The Hall–Kier alpha value is -2.49. The Bertz CT molecular complexity index is 1140. The van der Waals surface area contributed by atoms with E-state index in [2.05, 4.69) is 5.32 Å². The summed E-state index contributed by atoms with van der Waals surface area (Å²) in [6, 6.07) is 11.0. The monoisotopic (exact) mass is 543 g/mol. The molecule has 2 amide bonds. The fraction of sp³-hybridized carbons (Fsp3) is 0.417. The summed E-state index contributed by atoms with van der Waals surface area (Å²) in [6.45, 7) is 4.04. The van der Waals surface area contributed by atoms with Crippen LogP contribution in [0.2, 0.25) is 10.0 Å². The lowest BCUT2D eigenvalue weighted by Gasteiger charge is -2.29. The van der Waals surface area contributed by atoms with Crippen LogP contribution in [0.4, 0.5) is 5.69 Å². The molecule has 0 saturated carbocycles. The summed E-state index contributed by atoms with van der Waals surface area (Å²) in [5.74, 6) is -0.186. The van der Waals surface area contributed by atoms with Gasteiger partial charge in [0.15, 0.2) is 0 Å². The number of halogens is 2. The molecule has 0 unspecified atom stereocenters. The standard InChI is InChI=1S/C24H31Cl2N3O5S/c1-5-27-24(31)17(2)28(16-18-12-13-19(25)15-20(18)26)23(30)11-8-14-29(35(4,32)33)21-9-6-7-10-22(21)34-3/h6-7,9-10,12-13,15,17H,5,8,11,14,16H2,1-4H3,(H,27,31)/t17-/m1/s1. The van der Waals surface area contributed by atoms with Gasteiger partial charge >= 0.3 is 0 Å². The molecule has 192 valence electrons. The predicted molar refractivity (Wildman–Crippen MR) is 140 cm³/mol. The van der Waals surface area contributed by atoms with Crippen LogP contribution in [0.15, 0.2) is 42.5 Å². The van der Waals surface area contributed by atoms with Gasteiger partial charge < -0.3 is 15.0 Å². The van der Waals surface area contributed by atoms with Gasteiger partial charge in [-0.1, -0.05) is 41.4 Å². The average Bonchev–Trinajstić information content (AvgIpc) is 2.80. The Balaban J connectivity index is 2.22. The molecule has 0 aliphatic carbocycles. The van der Waals surface area contributed by atoms with Gasteiger partial charge in [-0.2, -0.15) is 0 Å². The average molecular weight is 545 g/mol. The third-order valence-corrected chi connectivity index (χ3v) is 7.15. The molecule has 11 heteroatoms. The molecule has 1 N–H and O–H groups in total. The lowest BCUT2D eigenvalue weighted by molar-refractivity contribution is -0.140. The molecule has 0 aliphatic heterocycles. The van der Waals surface area contributed by atoms with Crippen molar-refractivity contribution in [2.45, 2.75) is 39.3 Å². The summed E-state index contributed by atoms with van der Waals surface area (Å²) in [4.78, 5) is 27.2. The maximum Gasteiger partial charge on any atom is 0.242 e. The highest BCUT2D eigenvalue weighted by molar-refractivity contribution is 7.92. The van der Waals surface area contributed by atoms with Crippen molar-refractivity contribution < 1.29 is 22.7 Å². The number of para-hydroxylation sites is 2. The number of anilines is 1. The van der Waals surface area contributed by atoms with Crippen LogP contribution in [-0.2, 0) is 26.2 Å². The first kappa shape index (κ1) is 28.7. The SMILES string of the molecule is CCNC(=O)[C@@H](C)N(Cc1ccc(Cl)cc1Cl)C(=O)CCCN(c1ccccc1OC)S(C)(=O)=O. The van der Waals surface area contributed by atoms with Gasteiger partial charge in [-0.25, -0.2) is 8.42 Å². The first-order chi connectivity index (χ1) is 16.5. The van der Waals surface area contributed by atoms with Gasteiger partial charge in [0.1, 0.15) is 11.8 Å². The number of nitrogens with zero attached hydrogens (tertiary/aromatic N) is 2. The van der Waals surface area contributed by atoms with E-state index in [9.17, 15) is 18.0 Å². The van der Waals surface area contributed by atoms with Crippen molar-refractivity contribution in [1.29, 1.82) is 0 Å². The van der Waals surface area contributed by atoms with Crippen molar-refractivity contribution >= 4 is 50.7 Å². The van der Waals surface area contributed by atoms with Crippen LogP contribution in [0.25, 0.3) is 0 Å².